The maximum Gasteiger partial charge on any atom is 0.224 e. The molecule has 0 bridgehead atoms. The molecule has 0 spiro atoms. The lowest BCUT2D eigenvalue weighted by Crippen LogP contribution is -2.42. The monoisotopic (exact) mass is 443 g/mol. The SMILES string of the molecule is Cc1nccn1CCC(=O)N1CCO[C@@H](c2cc(CCOc3ccccc3Cl)[nH]n2)C1. The number of aromatic nitrogens is 4. The second kappa shape index (κ2) is 9.98. The zero-order chi connectivity index (χ0) is 21.6. The number of halogens is 1. The van der Waals surface area contributed by atoms with Gasteiger partial charge in [0.15, 0.2) is 0 Å². The van der Waals surface area contributed by atoms with E-state index >= 15 is 0 Å². The molecule has 0 radical (unpaired) electrons. The van der Waals surface area contributed by atoms with Crippen LogP contribution in [0.15, 0.2) is 42.7 Å². The van der Waals surface area contributed by atoms with Crippen LogP contribution in [0.2, 0.25) is 5.02 Å². The summed E-state index contributed by atoms with van der Waals surface area (Å²) in [4.78, 5) is 18.7. The molecule has 0 aliphatic carbocycles. The lowest BCUT2D eigenvalue weighted by atomic mass is 10.1. The first kappa shape index (κ1) is 21.4. The van der Waals surface area contributed by atoms with E-state index in [1.165, 1.54) is 0 Å². The van der Waals surface area contributed by atoms with Crippen LogP contribution in [0, 0.1) is 6.92 Å². The molecule has 3 heterocycles. The number of nitrogens with zero attached hydrogens (tertiary/aromatic N) is 4. The Kier molecular flexibility index (Phi) is 6.89. The molecule has 1 amide bonds. The third-order valence-corrected chi connectivity index (χ3v) is 5.67. The van der Waals surface area contributed by atoms with Gasteiger partial charge in [0.25, 0.3) is 0 Å². The second-order valence-corrected chi connectivity index (χ2v) is 7.87. The standard InChI is InChI=1S/C22H26ClN5O3/c1-16-24-8-10-27(16)9-6-22(29)28-11-13-31-21(15-28)19-14-17(25-26-19)7-12-30-20-5-3-2-4-18(20)23/h2-5,8,10,14,21H,6-7,9,11-13,15H2,1H3,(H,25,26)/t21-/m1/s1. The average molecular weight is 444 g/mol. The Bertz CT molecular complexity index is 1020. The number of benzene rings is 1. The number of imidazole rings is 1. The summed E-state index contributed by atoms with van der Waals surface area (Å²) in [5, 5.41) is 8.03. The lowest BCUT2D eigenvalue weighted by Gasteiger charge is -2.32. The summed E-state index contributed by atoms with van der Waals surface area (Å²) in [5.41, 5.74) is 1.75. The van der Waals surface area contributed by atoms with E-state index < -0.39 is 0 Å². The molecule has 164 valence electrons. The lowest BCUT2D eigenvalue weighted by molar-refractivity contribution is -0.139. The van der Waals surface area contributed by atoms with Crippen molar-refractivity contribution in [3.05, 3.63) is 65.0 Å². The number of hydrogen-bond acceptors (Lipinski definition) is 5. The van der Waals surface area contributed by atoms with E-state index in [1.54, 1.807) is 12.3 Å². The molecular weight excluding hydrogens is 418 g/mol. The zero-order valence-electron chi connectivity index (χ0n) is 17.5. The van der Waals surface area contributed by atoms with Crippen LogP contribution in [0.5, 0.6) is 5.75 Å². The fraction of sp³-hybridized carbons (Fsp3) is 0.409. The molecule has 0 unspecified atom stereocenters. The Morgan fingerprint density at radius 3 is 3.06 bits per heavy atom. The second-order valence-electron chi connectivity index (χ2n) is 7.46. The summed E-state index contributed by atoms with van der Waals surface area (Å²) in [6.45, 7) is 4.64. The molecule has 9 heteroatoms. The van der Waals surface area contributed by atoms with Crippen LogP contribution in [0.3, 0.4) is 0 Å². The van der Waals surface area contributed by atoms with Crippen molar-refractivity contribution in [1.29, 1.82) is 0 Å². The van der Waals surface area contributed by atoms with Gasteiger partial charge in [0.1, 0.15) is 17.7 Å². The molecule has 1 fully saturated rings. The van der Waals surface area contributed by atoms with Gasteiger partial charge in [-0.25, -0.2) is 4.98 Å². The number of nitrogens with one attached hydrogen (secondary N) is 1. The molecule has 1 saturated heterocycles. The summed E-state index contributed by atoms with van der Waals surface area (Å²) in [7, 11) is 0. The van der Waals surface area contributed by atoms with Crippen molar-refractivity contribution in [2.75, 3.05) is 26.3 Å². The Morgan fingerprint density at radius 2 is 2.26 bits per heavy atom. The predicted molar refractivity (Wildman–Crippen MR) is 116 cm³/mol. The first-order valence-corrected chi connectivity index (χ1v) is 10.8. The molecule has 1 N–H and O–H groups in total. The molecule has 4 rings (SSSR count). The highest BCUT2D eigenvalue weighted by atomic mass is 35.5. The summed E-state index contributed by atoms with van der Waals surface area (Å²) in [6.07, 6.45) is 4.51. The van der Waals surface area contributed by atoms with E-state index in [9.17, 15) is 4.79 Å². The van der Waals surface area contributed by atoms with Gasteiger partial charge >= 0.3 is 0 Å². The van der Waals surface area contributed by atoms with E-state index in [4.69, 9.17) is 21.1 Å². The van der Waals surface area contributed by atoms with Gasteiger partial charge in [-0.3, -0.25) is 9.89 Å². The fourth-order valence-corrected chi connectivity index (χ4v) is 3.76. The number of carbonyl (C=O) groups is 1. The molecule has 3 aromatic rings. The molecule has 1 aliphatic rings. The van der Waals surface area contributed by atoms with Crippen LogP contribution >= 0.6 is 11.6 Å². The van der Waals surface area contributed by atoms with Gasteiger partial charge in [0.2, 0.25) is 5.91 Å². The van der Waals surface area contributed by atoms with Gasteiger partial charge in [-0.05, 0) is 25.1 Å². The highest BCUT2D eigenvalue weighted by molar-refractivity contribution is 6.32. The predicted octanol–water partition coefficient (Wildman–Crippen LogP) is 3.18. The topological polar surface area (TPSA) is 85.3 Å². The third kappa shape index (κ3) is 5.45. The van der Waals surface area contributed by atoms with E-state index in [-0.39, 0.29) is 12.0 Å². The molecule has 1 atom stereocenters. The number of amides is 1. The van der Waals surface area contributed by atoms with E-state index in [2.05, 4.69) is 15.2 Å². The number of para-hydroxylation sites is 1. The summed E-state index contributed by atoms with van der Waals surface area (Å²) < 4.78 is 13.6. The van der Waals surface area contributed by atoms with Crippen LogP contribution in [0.25, 0.3) is 0 Å². The number of H-pyrrole nitrogens is 1. The number of aromatic amines is 1. The van der Waals surface area contributed by atoms with E-state index in [0.717, 1.165) is 17.2 Å². The van der Waals surface area contributed by atoms with Crippen molar-refractivity contribution in [2.24, 2.45) is 0 Å². The van der Waals surface area contributed by atoms with Crippen LogP contribution in [-0.4, -0.2) is 56.9 Å². The number of aryl methyl sites for hydroxylation is 2. The minimum absolute atomic E-state index is 0.116. The molecule has 31 heavy (non-hydrogen) atoms. The van der Waals surface area contributed by atoms with Crippen molar-refractivity contribution in [2.45, 2.75) is 32.4 Å². The van der Waals surface area contributed by atoms with Gasteiger partial charge < -0.3 is 18.9 Å². The first-order chi connectivity index (χ1) is 15.1. The van der Waals surface area contributed by atoms with Crippen molar-refractivity contribution in [1.82, 2.24) is 24.6 Å². The van der Waals surface area contributed by atoms with Crippen molar-refractivity contribution < 1.29 is 14.3 Å². The van der Waals surface area contributed by atoms with Crippen LogP contribution in [0.1, 0.15) is 29.7 Å². The van der Waals surface area contributed by atoms with Crippen LogP contribution in [0.4, 0.5) is 0 Å². The molecule has 0 saturated carbocycles. The minimum Gasteiger partial charge on any atom is -0.492 e. The van der Waals surface area contributed by atoms with Crippen LogP contribution in [-0.2, 0) is 22.5 Å². The fourth-order valence-electron chi connectivity index (χ4n) is 3.57. The molecular formula is C22H26ClN5O3. The van der Waals surface area contributed by atoms with E-state index in [1.807, 2.05) is 46.9 Å². The van der Waals surface area contributed by atoms with Gasteiger partial charge in [-0.2, -0.15) is 5.10 Å². The number of carbonyl (C=O) groups excluding carboxylic acids is 1. The van der Waals surface area contributed by atoms with Crippen molar-refractivity contribution >= 4 is 17.5 Å². The summed E-state index contributed by atoms with van der Waals surface area (Å²) >= 11 is 6.11. The third-order valence-electron chi connectivity index (χ3n) is 5.36. The maximum atomic E-state index is 12.7. The Morgan fingerprint density at radius 1 is 1.39 bits per heavy atom. The quantitative estimate of drug-likeness (QED) is 0.578. The first-order valence-electron chi connectivity index (χ1n) is 10.4. The van der Waals surface area contributed by atoms with Gasteiger partial charge in [0, 0.05) is 44.0 Å². The Hall–Kier alpha value is -2.84. The highest BCUT2D eigenvalue weighted by Crippen LogP contribution is 2.24. The van der Waals surface area contributed by atoms with Gasteiger partial charge in [-0.15, -0.1) is 0 Å². The number of rotatable bonds is 8. The maximum absolute atomic E-state index is 12.7. The number of hydrogen-bond donors (Lipinski definition) is 1. The Balaban J connectivity index is 1.27. The minimum atomic E-state index is -0.234. The molecule has 2 aromatic heterocycles. The van der Waals surface area contributed by atoms with Gasteiger partial charge in [-0.1, -0.05) is 23.7 Å². The van der Waals surface area contributed by atoms with Crippen molar-refractivity contribution in [3.63, 3.8) is 0 Å². The molecule has 1 aliphatic heterocycles. The summed E-state index contributed by atoms with van der Waals surface area (Å²) in [6, 6.07) is 9.38. The largest absolute Gasteiger partial charge is 0.492 e. The summed E-state index contributed by atoms with van der Waals surface area (Å²) in [5.74, 6) is 1.69. The molecule has 1 aromatic carbocycles. The highest BCUT2D eigenvalue weighted by Gasteiger charge is 2.27. The van der Waals surface area contributed by atoms with Crippen molar-refractivity contribution in [3.8, 4) is 5.75 Å². The zero-order valence-corrected chi connectivity index (χ0v) is 18.2. The Labute approximate surface area is 186 Å². The van der Waals surface area contributed by atoms with E-state index in [0.29, 0.717) is 56.5 Å². The number of morpholine rings is 1. The average Bonchev–Trinajstić information content (AvgIpc) is 3.42. The molecule has 8 nitrogen and oxygen atoms in total. The number of ether oxygens (including phenoxy) is 2. The van der Waals surface area contributed by atoms with Crippen LogP contribution < -0.4 is 4.74 Å². The van der Waals surface area contributed by atoms with Gasteiger partial charge in [0.05, 0.1) is 30.5 Å². The smallest absolute Gasteiger partial charge is 0.224 e. The normalized spacial score (nSPS) is 16.5.